The molecule has 156 valence electrons. The molecule has 0 unspecified atom stereocenters. The SMILES string of the molecule is COc1ccc([C@@H]2CC(=O)Nc3c(S(=O)(=O)c4ccc(C)cc4)csc32)cc1OC. The minimum atomic E-state index is -3.76. The quantitative estimate of drug-likeness (QED) is 0.633. The van der Waals surface area contributed by atoms with Gasteiger partial charge in [-0.15, -0.1) is 11.3 Å². The van der Waals surface area contributed by atoms with Gasteiger partial charge in [0.1, 0.15) is 4.90 Å². The second kappa shape index (κ2) is 7.77. The lowest BCUT2D eigenvalue weighted by atomic mass is 9.90. The summed E-state index contributed by atoms with van der Waals surface area (Å²) in [5, 5.41) is 4.39. The Hall–Kier alpha value is -2.84. The molecular formula is C22H21NO5S2. The van der Waals surface area contributed by atoms with Crippen molar-refractivity contribution in [2.45, 2.75) is 29.1 Å². The van der Waals surface area contributed by atoms with Crippen LogP contribution in [-0.2, 0) is 14.6 Å². The molecule has 8 heteroatoms. The minimum Gasteiger partial charge on any atom is -0.493 e. The monoisotopic (exact) mass is 443 g/mol. The number of sulfone groups is 1. The highest BCUT2D eigenvalue weighted by molar-refractivity contribution is 7.91. The van der Waals surface area contributed by atoms with Crippen LogP contribution < -0.4 is 14.8 Å². The van der Waals surface area contributed by atoms with Gasteiger partial charge < -0.3 is 14.8 Å². The van der Waals surface area contributed by atoms with Gasteiger partial charge in [-0.2, -0.15) is 0 Å². The summed E-state index contributed by atoms with van der Waals surface area (Å²) in [5.74, 6) is 0.670. The molecule has 1 N–H and O–H groups in total. The maximum Gasteiger partial charge on any atom is 0.225 e. The second-order valence-corrected chi connectivity index (χ2v) is 9.90. The smallest absolute Gasteiger partial charge is 0.225 e. The highest BCUT2D eigenvalue weighted by Crippen LogP contribution is 2.46. The number of benzene rings is 2. The lowest BCUT2D eigenvalue weighted by Gasteiger charge is -2.24. The minimum absolute atomic E-state index is 0.130. The number of carbonyl (C=O) groups excluding carboxylic acids is 1. The maximum absolute atomic E-state index is 13.2. The van der Waals surface area contributed by atoms with E-state index in [0.29, 0.717) is 17.2 Å². The van der Waals surface area contributed by atoms with E-state index in [1.54, 1.807) is 49.9 Å². The van der Waals surface area contributed by atoms with Crippen LogP contribution in [0, 0.1) is 6.92 Å². The number of hydrogen-bond donors (Lipinski definition) is 1. The Kier molecular flexibility index (Phi) is 5.29. The summed E-state index contributed by atoms with van der Waals surface area (Å²) in [6.45, 7) is 1.90. The molecule has 0 radical (unpaired) electrons. The number of thiophene rings is 1. The van der Waals surface area contributed by atoms with Gasteiger partial charge in [0.25, 0.3) is 0 Å². The van der Waals surface area contributed by atoms with Crippen molar-refractivity contribution >= 4 is 32.8 Å². The number of aryl methyl sites for hydroxylation is 1. The summed E-state index contributed by atoms with van der Waals surface area (Å²) in [4.78, 5) is 13.6. The lowest BCUT2D eigenvalue weighted by molar-refractivity contribution is -0.116. The molecule has 30 heavy (non-hydrogen) atoms. The Morgan fingerprint density at radius 3 is 2.40 bits per heavy atom. The van der Waals surface area contributed by atoms with Crippen LogP contribution in [0.4, 0.5) is 5.69 Å². The number of methoxy groups -OCH3 is 2. The first-order chi connectivity index (χ1) is 14.3. The van der Waals surface area contributed by atoms with Crippen molar-refractivity contribution in [2.75, 3.05) is 19.5 Å². The molecule has 0 saturated heterocycles. The zero-order chi connectivity index (χ0) is 21.5. The van der Waals surface area contributed by atoms with Crippen molar-refractivity contribution in [3.05, 3.63) is 63.8 Å². The maximum atomic E-state index is 13.2. The summed E-state index contributed by atoms with van der Waals surface area (Å²) < 4.78 is 37.1. The Morgan fingerprint density at radius 2 is 1.73 bits per heavy atom. The van der Waals surface area contributed by atoms with E-state index in [1.165, 1.54) is 11.3 Å². The van der Waals surface area contributed by atoms with E-state index in [0.717, 1.165) is 16.0 Å². The van der Waals surface area contributed by atoms with E-state index >= 15 is 0 Å². The fraction of sp³-hybridized carbons (Fsp3) is 0.227. The zero-order valence-corrected chi connectivity index (χ0v) is 18.4. The van der Waals surface area contributed by atoms with Crippen molar-refractivity contribution in [3.63, 3.8) is 0 Å². The number of anilines is 1. The summed E-state index contributed by atoms with van der Waals surface area (Å²) in [6, 6.07) is 12.2. The molecule has 1 aromatic heterocycles. The second-order valence-electron chi connectivity index (χ2n) is 7.08. The molecule has 0 saturated carbocycles. The molecule has 1 amide bonds. The molecule has 6 nitrogen and oxygen atoms in total. The number of rotatable bonds is 5. The van der Waals surface area contributed by atoms with Gasteiger partial charge >= 0.3 is 0 Å². The number of hydrogen-bond acceptors (Lipinski definition) is 6. The third kappa shape index (κ3) is 3.46. The molecule has 2 heterocycles. The Morgan fingerprint density at radius 1 is 1.03 bits per heavy atom. The predicted octanol–water partition coefficient (Wildman–Crippen LogP) is 4.38. The molecule has 4 rings (SSSR count). The third-order valence-corrected chi connectivity index (χ3v) is 8.23. The molecule has 0 bridgehead atoms. The molecule has 2 aromatic carbocycles. The van der Waals surface area contributed by atoms with Crippen molar-refractivity contribution in [2.24, 2.45) is 0 Å². The van der Waals surface area contributed by atoms with Crippen LogP contribution in [0.5, 0.6) is 11.5 Å². The predicted molar refractivity (Wildman–Crippen MR) is 116 cm³/mol. The standard InChI is InChI=1S/C22H21NO5S2/c1-13-4-7-15(8-5-13)30(25,26)19-12-29-22-16(11-20(24)23-21(19)22)14-6-9-17(27-2)18(10-14)28-3/h4-10,12,16H,11H2,1-3H3,(H,23,24)/t16-/m0/s1. The largest absolute Gasteiger partial charge is 0.493 e. The summed E-state index contributed by atoms with van der Waals surface area (Å²) >= 11 is 1.34. The Labute approximate surface area is 179 Å². The number of ether oxygens (including phenoxy) is 2. The van der Waals surface area contributed by atoms with Crippen LogP contribution in [0.1, 0.15) is 28.3 Å². The fourth-order valence-corrected chi connectivity index (χ4v) is 6.49. The van der Waals surface area contributed by atoms with Crippen LogP contribution in [0.3, 0.4) is 0 Å². The summed E-state index contributed by atoms with van der Waals surface area (Å²) in [6.07, 6.45) is 0.229. The van der Waals surface area contributed by atoms with Crippen molar-refractivity contribution < 1.29 is 22.7 Å². The van der Waals surface area contributed by atoms with E-state index in [4.69, 9.17) is 9.47 Å². The van der Waals surface area contributed by atoms with Gasteiger partial charge in [0.05, 0.1) is 24.8 Å². The zero-order valence-electron chi connectivity index (χ0n) is 16.8. The average Bonchev–Trinajstić information content (AvgIpc) is 3.17. The highest BCUT2D eigenvalue weighted by atomic mass is 32.2. The van der Waals surface area contributed by atoms with E-state index in [9.17, 15) is 13.2 Å². The first-order valence-corrected chi connectivity index (χ1v) is 11.7. The number of amides is 1. The van der Waals surface area contributed by atoms with Gasteiger partial charge in [-0.05, 0) is 36.8 Å². The molecule has 0 aliphatic carbocycles. The van der Waals surface area contributed by atoms with E-state index in [2.05, 4.69) is 5.32 Å². The average molecular weight is 444 g/mol. The molecule has 0 spiro atoms. The molecule has 0 fully saturated rings. The Bertz CT molecular complexity index is 1210. The van der Waals surface area contributed by atoms with Crippen molar-refractivity contribution in [1.82, 2.24) is 0 Å². The first-order valence-electron chi connectivity index (χ1n) is 9.30. The summed E-state index contributed by atoms with van der Waals surface area (Å²) in [5.41, 5.74) is 2.21. The molecule has 3 aromatic rings. The first kappa shape index (κ1) is 20.4. The van der Waals surface area contributed by atoms with E-state index in [-0.39, 0.29) is 28.0 Å². The van der Waals surface area contributed by atoms with E-state index < -0.39 is 9.84 Å². The normalized spacial score (nSPS) is 16.0. The van der Waals surface area contributed by atoms with Crippen LogP contribution in [0.2, 0.25) is 0 Å². The van der Waals surface area contributed by atoms with Gasteiger partial charge in [-0.1, -0.05) is 23.8 Å². The third-order valence-electron chi connectivity index (χ3n) is 5.19. The molecule has 1 atom stereocenters. The van der Waals surface area contributed by atoms with Gasteiger partial charge in [0.15, 0.2) is 11.5 Å². The Balaban J connectivity index is 1.80. The number of nitrogens with one attached hydrogen (secondary N) is 1. The van der Waals surface area contributed by atoms with Gasteiger partial charge in [0, 0.05) is 22.6 Å². The topological polar surface area (TPSA) is 81.7 Å². The number of carbonyl (C=O) groups is 1. The summed E-state index contributed by atoms with van der Waals surface area (Å²) in [7, 11) is -0.641. The van der Waals surface area contributed by atoms with Crippen LogP contribution in [0.15, 0.2) is 57.6 Å². The van der Waals surface area contributed by atoms with Crippen LogP contribution in [-0.4, -0.2) is 28.5 Å². The van der Waals surface area contributed by atoms with Crippen LogP contribution in [0.25, 0.3) is 0 Å². The van der Waals surface area contributed by atoms with Gasteiger partial charge in [0.2, 0.25) is 15.7 Å². The van der Waals surface area contributed by atoms with Gasteiger partial charge in [-0.3, -0.25) is 4.79 Å². The van der Waals surface area contributed by atoms with Gasteiger partial charge in [-0.25, -0.2) is 8.42 Å². The lowest BCUT2D eigenvalue weighted by Crippen LogP contribution is -2.23. The van der Waals surface area contributed by atoms with Crippen molar-refractivity contribution in [1.29, 1.82) is 0 Å². The molecule has 1 aliphatic rings. The van der Waals surface area contributed by atoms with Crippen molar-refractivity contribution in [3.8, 4) is 11.5 Å². The highest BCUT2D eigenvalue weighted by Gasteiger charge is 2.34. The van der Waals surface area contributed by atoms with Crippen LogP contribution >= 0.6 is 11.3 Å². The number of fused-ring (bicyclic) bond motifs is 1. The molecule has 1 aliphatic heterocycles. The van der Waals surface area contributed by atoms with E-state index in [1.807, 2.05) is 19.1 Å². The molecular weight excluding hydrogens is 422 g/mol. The fourth-order valence-electron chi connectivity index (χ4n) is 3.59.